The third kappa shape index (κ3) is 7.71. The van der Waals surface area contributed by atoms with Gasteiger partial charge in [-0.05, 0) is 39.7 Å². The van der Waals surface area contributed by atoms with Gasteiger partial charge < -0.3 is 15.4 Å². The van der Waals surface area contributed by atoms with Crippen LogP contribution >= 0.6 is 0 Å². The van der Waals surface area contributed by atoms with E-state index in [-0.39, 0.29) is 11.6 Å². The first kappa shape index (κ1) is 17.5. The van der Waals surface area contributed by atoms with Crippen molar-refractivity contribution >= 4 is 5.96 Å². The summed E-state index contributed by atoms with van der Waals surface area (Å²) in [5, 5.41) is 6.63. The molecule has 1 rings (SSSR count). The van der Waals surface area contributed by atoms with Gasteiger partial charge in [0.25, 0.3) is 0 Å². The average molecular weight is 291 g/mol. The molecule has 0 radical (unpaired) electrons. The molecule has 0 bridgehead atoms. The van der Waals surface area contributed by atoms with E-state index in [0.29, 0.717) is 0 Å². The van der Waals surface area contributed by atoms with Crippen molar-refractivity contribution < 1.29 is 4.74 Å². The molecule has 118 valence electrons. The lowest BCUT2D eigenvalue weighted by molar-refractivity contribution is 0.0646. The lowest BCUT2D eigenvalue weighted by atomic mass is 10.1. The highest BCUT2D eigenvalue weighted by molar-refractivity contribution is 5.80. The number of aliphatic imine (C=N–C) groups is 1. The summed E-state index contributed by atoms with van der Waals surface area (Å²) < 4.78 is 5.84. The number of benzene rings is 1. The third-order valence-corrected chi connectivity index (χ3v) is 2.97. The van der Waals surface area contributed by atoms with E-state index in [4.69, 9.17) is 4.74 Å². The first-order valence-electron chi connectivity index (χ1n) is 7.58. The van der Waals surface area contributed by atoms with Gasteiger partial charge in [-0.3, -0.25) is 4.99 Å². The molecule has 2 N–H and O–H groups in total. The molecule has 0 aliphatic carbocycles. The average Bonchev–Trinajstić information content (AvgIpc) is 2.45. The van der Waals surface area contributed by atoms with E-state index in [0.717, 1.165) is 25.5 Å². The molecule has 0 fully saturated rings. The molecule has 0 saturated heterocycles. The van der Waals surface area contributed by atoms with E-state index in [1.54, 1.807) is 7.05 Å². The zero-order chi connectivity index (χ0) is 15.7. The smallest absolute Gasteiger partial charge is 0.191 e. The van der Waals surface area contributed by atoms with E-state index in [1.165, 1.54) is 5.56 Å². The van der Waals surface area contributed by atoms with Crippen LogP contribution in [0.4, 0.5) is 0 Å². The summed E-state index contributed by atoms with van der Waals surface area (Å²) in [6.45, 7) is 10.0. The van der Waals surface area contributed by atoms with Crippen LogP contribution in [0, 0.1) is 0 Å². The number of nitrogens with one attached hydrogen (secondary N) is 2. The van der Waals surface area contributed by atoms with Gasteiger partial charge in [0.15, 0.2) is 5.96 Å². The van der Waals surface area contributed by atoms with Crippen LogP contribution in [0.5, 0.6) is 0 Å². The maximum atomic E-state index is 5.84. The van der Waals surface area contributed by atoms with E-state index in [2.05, 4.69) is 55.5 Å². The SMILES string of the molecule is CN=C(NCCCOC(C)c1ccccc1)NC(C)(C)C. The Balaban J connectivity index is 2.20. The Hall–Kier alpha value is -1.55. The minimum absolute atomic E-state index is 0.0141. The van der Waals surface area contributed by atoms with Gasteiger partial charge in [0, 0.05) is 25.7 Å². The molecule has 0 heterocycles. The summed E-state index contributed by atoms with van der Waals surface area (Å²) in [4.78, 5) is 4.21. The second kappa shape index (κ2) is 8.67. The molecule has 0 aromatic heterocycles. The number of rotatable bonds is 6. The van der Waals surface area contributed by atoms with Crippen LogP contribution in [0.1, 0.15) is 45.8 Å². The first-order chi connectivity index (χ1) is 9.92. The summed E-state index contributed by atoms with van der Waals surface area (Å²) in [6.07, 6.45) is 1.08. The van der Waals surface area contributed by atoms with Gasteiger partial charge in [-0.25, -0.2) is 0 Å². The number of hydrogen-bond acceptors (Lipinski definition) is 2. The molecule has 1 aromatic carbocycles. The number of guanidine groups is 1. The van der Waals surface area contributed by atoms with Crippen molar-refractivity contribution in [2.24, 2.45) is 4.99 Å². The molecule has 4 heteroatoms. The first-order valence-corrected chi connectivity index (χ1v) is 7.58. The van der Waals surface area contributed by atoms with Crippen LogP contribution in [-0.4, -0.2) is 31.7 Å². The quantitative estimate of drug-likeness (QED) is 0.481. The summed E-state index contributed by atoms with van der Waals surface area (Å²) >= 11 is 0. The van der Waals surface area contributed by atoms with Gasteiger partial charge in [-0.15, -0.1) is 0 Å². The van der Waals surface area contributed by atoms with Crippen molar-refractivity contribution in [1.82, 2.24) is 10.6 Å². The molecule has 4 nitrogen and oxygen atoms in total. The molecular weight excluding hydrogens is 262 g/mol. The number of ether oxygens (including phenoxy) is 1. The highest BCUT2D eigenvalue weighted by Gasteiger charge is 2.11. The zero-order valence-corrected chi connectivity index (χ0v) is 13.9. The second-order valence-electron chi connectivity index (χ2n) is 6.15. The Morgan fingerprint density at radius 2 is 1.90 bits per heavy atom. The van der Waals surface area contributed by atoms with Crippen LogP contribution in [0.2, 0.25) is 0 Å². The molecular formula is C17H29N3O. The lowest BCUT2D eigenvalue weighted by Gasteiger charge is -2.23. The van der Waals surface area contributed by atoms with Crippen molar-refractivity contribution in [2.45, 2.75) is 45.8 Å². The molecule has 1 unspecified atom stereocenters. The normalized spacial score (nSPS) is 13.9. The predicted octanol–water partition coefficient (Wildman–Crippen LogP) is 3.12. The fourth-order valence-electron chi connectivity index (χ4n) is 1.89. The Morgan fingerprint density at radius 3 is 2.48 bits per heavy atom. The van der Waals surface area contributed by atoms with Crippen molar-refractivity contribution in [1.29, 1.82) is 0 Å². The molecule has 1 aromatic rings. The molecule has 0 aliphatic heterocycles. The molecule has 0 spiro atoms. The largest absolute Gasteiger partial charge is 0.374 e. The van der Waals surface area contributed by atoms with Crippen molar-refractivity contribution in [3.63, 3.8) is 0 Å². The van der Waals surface area contributed by atoms with Crippen molar-refractivity contribution in [3.8, 4) is 0 Å². The molecule has 21 heavy (non-hydrogen) atoms. The lowest BCUT2D eigenvalue weighted by Crippen LogP contribution is -2.47. The van der Waals surface area contributed by atoms with Gasteiger partial charge >= 0.3 is 0 Å². The van der Waals surface area contributed by atoms with Gasteiger partial charge in [0.05, 0.1) is 6.10 Å². The van der Waals surface area contributed by atoms with E-state index in [1.807, 2.05) is 18.2 Å². The minimum atomic E-state index is 0.0141. The Labute approximate surface area is 129 Å². The van der Waals surface area contributed by atoms with Crippen LogP contribution in [0.15, 0.2) is 35.3 Å². The summed E-state index contributed by atoms with van der Waals surface area (Å²) in [7, 11) is 1.79. The van der Waals surface area contributed by atoms with Crippen molar-refractivity contribution in [2.75, 3.05) is 20.2 Å². The fraction of sp³-hybridized carbons (Fsp3) is 0.588. The van der Waals surface area contributed by atoms with E-state index >= 15 is 0 Å². The van der Waals surface area contributed by atoms with Gasteiger partial charge in [-0.1, -0.05) is 30.3 Å². The molecule has 0 amide bonds. The topological polar surface area (TPSA) is 45.7 Å². The second-order valence-corrected chi connectivity index (χ2v) is 6.15. The van der Waals surface area contributed by atoms with Gasteiger partial charge in [0.2, 0.25) is 0 Å². The summed E-state index contributed by atoms with van der Waals surface area (Å²) in [5.74, 6) is 0.832. The van der Waals surface area contributed by atoms with Gasteiger partial charge in [0.1, 0.15) is 0 Å². The van der Waals surface area contributed by atoms with Crippen LogP contribution in [0.3, 0.4) is 0 Å². The maximum absolute atomic E-state index is 5.84. The van der Waals surface area contributed by atoms with Crippen LogP contribution in [-0.2, 0) is 4.74 Å². The highest BCUT2D eigenvalue weighted by Crippen LogP contribution is 2.15. The fourth-order valence-corrected chi connectivity index (χ4v) is 1.89. The Morgan fingerprint density at radius 1 is 1.24 bits per heavy atom. The van der Waals surface area contributed by atoms with Crippen molar-refractivity contribution in [3.05, 3.63) is 35.9 Å². The van der Waals surface area contributed by atoms with Crippen LogP contribution < -0.4 is 10.6 Å². The van der Waals surface area contributed by atoms with Crippen LogP contribution in [0.25, 0.3) is 0 Å². The Kier molecular flexibility index (Phi) is 7.23. The maximum Gasteiger partial charge on any atom is 0.191 e. The van der Waals surface area contributed by atoms with E-state index in [9.17, 15) is 0 Å². The zero-order valence-electron chi connectivity index (χ0n) is 13.9. The summed E-state index contributed by atoms with van der Waals surface area (Å²) in [5.41, 5.74) is 1.23. The minimum Gasteiger partial charge on any atom is -0.374 e. The monoisotopic (exact) mass is 291 g/mol. The predicted molar refractivity (Wildman–Crippen MR) is 89.7 cm³/mol. The number of hydrogen-bond donors (Lipinski definition) is 2. The summed E-state index contributed by atoms with van der Waals surface area (Å²) in [6, 6.07) is 10.3. The number of nitrogens with zero attached hydrogens (tertiary/aromatic N) is 1. The van der Waals surface area contributed by atoms with Gasteiger partial charge in [-0.2, -0.15) is 0 Å². The standard InChI is InChI=1S/C17H29N3O/c1-14(15-10-7-6-8-11-15)21-13-9-12-19-16(18-5)20-17(2,3)4/h6-8,10-11,14H,9,12-13H2,1-5H3,(H2,18,19,20). The molecule has 0 saturated carbocycles. The highest BCUT2D eigenvalue weighted by atomic mass is 16.5. The van der Waals surface area contributed by atoms with E-state index < -0.39 is 0 Å². The molecule has 1 atom stereocenters. The Bertz CT molecular complexity index is 423. The molecule has 0 aliphatic rings. The third-order valence-electron chi connectivity index (χ3n) is 2.97.